The molecule has 2 rings (SSSR count). The Kier molecular flexibility index (Phi) is 5.37. The number of non-ortho nitro benzene ring substituents is 1. The Bertz CT molecular complexity index is 996. The number of nitro groups is 2. The Morgan fingerprint density at radius 3 is 2.04 bits per heavy atom. The van der Waals surface area contributed by atoms with E-state index in [1.165, 1.54) is 0 Å². The first kappa shape index (κ1) is 19.2. The summed E-state index contributed by atoms with van der Waals surface area (Å²) >= 11 is 17.3. The standard InChI is InChI=1S/C12H6Cl3N3O6S/c13-7-4-9(15)12(5-8(7)14)25(23,24)16-10-2-1-6(17(19)20)3-11(10)18(21)22/h1-5,16H. The van der Waals surface area contributed by atoms with Crippen LogP contribution in [0.4, 0.5) is 17.1 Å². The number of nitro benzene ring substituents is 2. The van der Waals surface area contributed by atoms with Crippen molar-refractivity contribution in [1.82, 2.24) is 0 Å². The van der Waals surface area contributed by atoms with Gasteiger partial charge in [-0.25, -0.2) is 8.42 Å². The average molecular weight is 427 g/mol. The highest BCUT2D eigenvalue weighted by Gasteiger charge is 2.26. The molecule has 0 aliphatic heterocycles. The molecule has 1 N–H and O–H groups in total. The minimum Gasteiger partial charge on any atom is -0.273 e. The van der Waals surface area contributed by atoms with Gasteiger partial charge in [-0.3, -0.25) is 25.0 Å². The quantitative estimate of drug-likeness (QED) is 0.431. The number of hydrogen-bond acceptors (Lipinski definition) is 6. The van der Waals surface area contributed by atoms with Gasteiger partial charge in [0.1, 0.15) is 10.6 Å². The van der Waals surface area contributed by atoms with Crippen molar-refractivity contribution in [3.8, 4) is 0 Å². The number of anilines is 1. The zero-order chi connectivity index (χ0) is 18.9. The maximum Gasteiger partial charge on any atom is 0.300 e. The summed E-state index contributed by atoms with van der Waals surface area (Å²) in [5.41, 5.74) is -1.84. The predicted molar refractivity (Wildman–Crippen MR) is 92.0 cm³/mol. The number of rotatable bonds is 5. The topological polar surface area (TPSA) is 132 Å². The summed E-state index contributed by atoms with van der Waals surface area (Å²) in [7, 11) is -4.37. The summed E-state index contributed by atoms with van der Waals surface area (Å²) in [6.07, 6.45) is 0. The van der Waals surface area contributed by atoms with Crippen LogP contribution < -0.4 is 4.72 Å². The maximum absolute atomic E-state index is 12.4. The fraction of sp³-hybridized carbons (Fsp3) is 0. The van der Waals surface area contributed by atoms with E-state index in [1.54, 1.807) is 0 Å². The van der Waals surface area contributed by atoms with E-state index in [2.05, 4.69) is 0 Å². The Morgan fingerprint density at radius 1 is 0.880 bits per heavy atom. The van der Waals surface area contributed by atoms with E-state index in [9.17, 15) is 28.6 Å². The van der Waals surface area contributed by atoms with Crippen molar-refractivity contribution in [2.45, 2.75) is 4.90 Å². The molecule has 13 heteroatoms. The molecular weight excluding hydrogens is 421 g/mol. The molecule has 0 amide bonds. The number of sulfonamides is 1. The largest absolute Gasteiger partial charge is 0.300 e. The van der Waals surface area contributed by atoms with Crippen molar-refractivity contribution in [2.24, 2.45) is 0 Å². The summed E-state index contributed by atoms with van der Waals surface area (Å²) in [4.78, 5) is 19.5. The van der Waals surface area contributed by atoms with Gasteiger partial charge in [0.25, 0.3) is 21.4 Å². The van der Waals surface area contributed by atoms with Gasteiger partial charge in [-0.2, -0.15) is 0 Å². The molecule has 0 unspecified atom stereocenters. The van der Waals surface area contributed by atoms with Crippen LogP contribution in [0.1, 0.15) is 0 Å². The molecule has 0 spiro atoms. The molecule has 0 atom stereocenters. The summed E-state index contributed by atoms with van der Waals surface area (Å²) in [5.74, 6) is 0. The van der Waals surface area contributed by atoms with E-state index in [1.807, 2.05) is 4.72 Å². The fourth-order valence-corrected chi connectivity index (χ4v) is 3.86. The lowest BCUT2D eigenvalue weighted by molar-refractivity contribution is -0.393. The van der Waals surface area contributed by atoms with Gasteiger partial charge in [0.15, 0.2) is 0 Å². The van der Waals surface area contributed by atoms with Crippen LogP contribution in [0.3, 0.4) is 0 Å². The van der Waals surface area contributed by atoms with Crippen LogP contribution in [0.5, 0.6) is 0 Å². The third-order valence-electron chi connectivity index (χ3n) is 2.90. The smallest absolute Gasteiger partial charge is 0.273 e. The highest BCUT2D eigenvalue weighted by Crippen LogP contribution is 2.35. The Balaban J connectivity index is 2.53. The van der Waals surface area contributed by atoms with Crippen LogP contribution in [0.15, 0.2) is 35.2 Å². The van der Waals surface area contributed by atoms with Crippen LogP contribution in [0, 0.1) is 20.2 Å². The van der Waals surface area contributed by atoms with Crippen LogP contribution in [-0.4, -0.2) is 18.3 Å². The summed E-state index contributed by atoms with van der Waals surface area (Å²) in [6.45, 7) is 0. The van der Waals surface area contributed by atoms with E-state index in [-0.39, 0.29) is 15.1 Å². The van der Waals surface area contributed by atoms with Crippen molar-refractivity contribution >= 4 is 61.9 Å². The normalized spacial score (nSPS) is 11.2. The SMILES string of the molecule is O=[N+]([O-])c1ccc(NS(=O)(=O)c2cc(Cl)c(Cl)cc2Cl)c([N+](=O)[O-])c1. The first-order valence-corrected chi connectivity index (χ1v) is 8.75. The number of hydrogen-bond donors (Lipinski definition) is 1. The van der Waals surface area contributed by atoms with Crippen LogP contribution in [0.2, 0.25) is 15.1 Å². The van der Waals surface area contributed by atoms with Gasteiger partial charge in [0.05, 0.1) is 31.0 Å². The number of benzene rings is 2. The van der Waals surface area contributed by atoms with Gasteiger partial charge in [0.2, 0.25) is 0 Å². The molecule has 0 aliphatic rings. The van der Waals surface area contributed by atoms with Crippen molar-refractivity contribution < 1.29 is 18.3 Å². The molecular formula is C12H6Cl3N3O6S. The molecule has 0 saturated carbocycles. The minimum atomic E-state index is -4.37. The van der Waals surface area contributed by atoms with Gasteiger partial charge in [-0.1, -0.05) is 34.8 Å². The van der Waals surface area contributed by atoms with Crippen LogP contribution in [-0.2, 0) is 10.0 Å². The van der Waals surface area contributed by atoms with Crippen molar-refractivity contribution in [3.05, 3.63) is 65.6 Å². The summed E-state index contributed by atoms with van der Waals surface area (Å²) < 4.78 is 26.8. The van der Waals surface area contributed by atoms with Crippen molar-refractivity contribution in [2.75, 3.05) is 4.72 Å². The maximum atomic E-state index is 12.4. The highest BCUT2D eigenvalue weighted by atomic mass is 35.5. The predicted octanol–water partition coefficient (Wildman–Crippen LogP) is 4.26. The second-order valence-electron chi connectivity index (χ2n) is 4.52. The zero-order valence-electron chi connectivity index (χ0n) is 11.8. The molecule has 25 heavy (non-hydrogen) atoms. The number of nitrogens with one attached hydrogen (secondary N) is 1. The molecule has 0 aliphatic carbocycles. The molecule has 9 nitrogen and oxygen atoms in total. The lowest BCUT2D eigenvalue weighted by Gasteiger charge is -2.10. The molecule has 2 aromatic rings. The van der Waals surface area contributed by atoms with E-state index in [4.69, 9.17) is 34.8 Å². The second-order valence-corrected chi connectivity index (χ2v) is 7.39. The summed E-state index contributed by atoms with van der Waals surface area (Å²) in [6, 6.07) is 4.53. The van der Waals surface area contributed by atoms with Gasteiger partial charge in [0, 0.05) is 6.07 Å². The van der Waals surface area contributed by atoms with E-state index in [0.717, 1.165) is 24.3 Å². The summed E-state index contributed by atoms with van der Waals surface area (Å²) in [5, 5.41) is 21.4. The van der Waals surface area contributed by atoms with E-state index in [0.29, 0.717) is 6.07 Å². The molecule has 132 valence electrons. The molecule has 0 heterocycles. The lowest BCUT2D eigenvalue weighted by atomic mass is 10.2. The van der Waals surface area contributed by atoms with Crippen LogP contribution >= 0.6 is 34.8 Å². The highest BCUT2D eigenvalue weighted by molar-refractivity contribution is 7.92. The Labute approximate surface area is 155 Å². The number of halogens is 3. The fourth-order valence-electron chi connectivity index (χ4n) is 1.78. The van der Waals surface area contributed by atoms with Gasteiger partial charge in [-0.15, -0.1) is 0 Å². The second kappa shape index (κ2) is 7.00. The Hall–Kier alpha value is -2.14. The minimum absolute atomic E-state index is 0.0203. The molecule has 0 aromatic heterocycles. The third-order valence-corrected chi connectivity index (χ3v) is 5.45. The molecule has 2 aromatic carbocycles. The number of nitrogens with zero attached hydrogens (tertiary/aromatic N) is 2. The Morgan fingerprint density at radius 2 is 1.48 bits per heavy atom. The zero-order valence-corrected chi connectivity index (χ0v) is 14.9. The van der Waals surface area contributed by atoms with E-state index >= 15 is 0 Å². The molecule has 0 saturated heterocycles. The monoisotopic (exact) mass is 425 g/mol. The van der Waals surface area contributed by atoms with Gasteiger partial charge >= 0.3 is 0 Å². The van der Waals surface area contributed by atoms with Crippen LogP contribution in [0.25, 0.3) is 0 Å². The van der Waals surface area contributed by atoms with Gasteiger partial charge < -0.3 is 0 Å². The first-order valence-electron chi connectivity index (χ1n) is 6.13. The van der Waals surface area contributed by atoms with Gasteiger partial charge in [-0.05, 0) is 18.2 Å². The molecule has 0 bridgehead atoms. The molecule has 0 radical (unpaired) electrons. The average Bonchev–Trinajstić information content (AvgIpc) is 2.50. The lowest BCUT2D eigenvalue weighted by Crippen LogP contribution is -2.14. The first-order chi connectivity index (χ1) is 11.5. The third kappa shape index (κ3) is 4.10. The van der Waals surface area contributed by atoms with E-state index < -0.39 is 41.8 Å². The van der Waals surface area contributed by atoms with Crippen molar-refractivity contribution in [1.29, 1.82) is 0 Å². The molecule has 0 fully saturated rings. The van der Waals surface area contributed by atoms with Crippen molar-refractivity contribution in [3.63, 3.8) is 0 Å².